The van der Waals surface area contributed by atoms with Crippen molar-refractivity contribution >= 4 is 33.4 Å². The Labute approximate surface area is 214 Å². The number of amides is 2. The third-order valence-electron chi connectivity index (χ3n) is 6.07. The van der Waals surface area contributed by atoms with Crippen LogP contribution in [-0.4, -0.2) is 63.0 Å². The minimum Gasteiger partial charge on any atom is -0.449 e. The van der Waals surface area contributed by atoms with Crippen LogP contribution in [0.3, 0.4) is 0 Å². The lowest BCUT2D eigenvalue weighted by atomic mass is 10.0. The Morgan fingerprint density at radius 2 is 1.56 bits per heavy atom. The molecule has 3 rings (SSSR count). The molecule has 2 amide bonds. The molecule has 36 heavy (non-hydrogen) atoms. The zero-order chi connectivity index (χ0) is 26.6. The molecule has 2 aromatic carbocycles. The first kappa shape index (κ1) is 27.9. The molecule has 11 heteroatoms. The molecule has 0 radical (unpaired) electrons. The number of hydrogen-bond donors (Lipinski definition) is 0. The lowest BCUT2D eigenvalue weighted by molar-refractivity contribution is -0.136. The van der Waals surface area contributed by atoms with E-state index in [0.29, 0.717) is 18.1 Å². The van der Waals surface area contributed by atoms with Gasteiger partial charge in [-0.1, -0.05) is 32.4 Å². The van der Waals surface area contributed by atoms with Gasteiger partial charge in [-0.15, -0.1) is 0 Å². The maximum Gasteiger partial charge on any atom is 0.409 e. The minimum absolute atomic E-state index is 0.00371. The average molecular weight is 543 g/mol. The van der Waals surface area contributed by atoms with Crippen molar-refractivity contribution in [2.45, 2.75) is 30.9 Å². The van der Waals surface area contributed by atoms with Gasteiger partial charge < -0.3 is 14.5 Å². The first-order chi connectivity index (χ1) is 16.9. The molecule has 2 aromatic rings. The van der Waals surface area contributed by atoms with E-state index in [1.54, 1.807) is 18.7 Å². The molecule has 196 valence electrons. The average Bonchev–Trinajstić information content (AvgIpc) is 2.84. The van der Waals surface area contributed by atoms with Gasteiger partial charge in [0.15, 0.2) is 9.84 Å². The van der Waals surface area contributed by atoms with Crippen LogP contribution in [0.4, 0.5) is 13.6 Å². The highest BCUT2D eigenvalue weighted by Crippen LogP contribution is 2.37. The minimum atomic E-state index is -4.22. The maximum absolute atomic E-state index is 14.7. The van der Waals surface area contributed by atoms with E-state index in [1.807, 2.05) is 0 Å². The highest BCUT2D eigenvalue weighted by Gasteiger charge is 2.37. The summed E-state index contributed by atoms with van der Waals surface area (Å²) in [6.45, 7) is 6.04. The van der Waals surface area contributed by atoms with Gasteiger partial charge in [0, 0.05) is 48.6 Å². The summed E-state index contributed by atoms with van der Waals surface area (Å²) in [5, 5.41) is -1.21. The molecule has 0 spiro atoms. The molecule has 1 heterocycles. The molecule has 0 unspecified atom stereocenters. The second-order valence-corrected chi connectivity index (χ2v) is 11.6. The van der Waals surface area contributed by atoms with Gasteiger partial charge in [-0.3, -0.25) is 4.79 Å². The molecular weight excluding hydrogens is 514 g/mol. The van der Waals surface area contributed by atoms with Gasteiger partial charge in [0.1, 0.15) is 11.6 Å². The highest BCUT2D eigenvalue weighted by atomic mass is 35.5. The van der Waals surface area contributed by atoms with Crippen LogP contribution in [0.5, 0.6) is 0 Å². The zero-order valence-corrected chi connectivity index (χ0v) is 21.9. The summed E-state index contributed by atoms with van der Waals surface area (Å²) in [5.41, 5.74) is -0.352. The normalized spacial score (nSPS) is 16.1. The molecular formula is C25H29ClF2N2O5S. The van der Waals surface area contributed by atoms with Gasteiger partial charge in [0.2, 0.25) is 5.91 Å². The smallest absolute Gasteiger partial charge is 0.409 e. The van der Waals surface area contributed by atoms with Crippen molar-refractivity contribution in [3.63, 3.8) is 0 Å². The van der Waals surface area contributed by atoms with Crippen LogP contribution >= 0.6 is 11.6 Å². The van der Waals surface area contributed by atoms with E-state index in [4.69, 9.17) is 16.3 Å². The molecule has 0 aromatic heterocycles. The molecule has 0 N–H and O–H groups in total. The van der Waals surface area contributed by atoms with Crippen molar-refractivity contribution in [1.29, 1.82) is 0 Å². The Hall–Kier alpha value is -2.72. The summed E-state index contributed by atoms with van der Waals surface area (Å²) in [5.74, 6) is -2.74. The van der Waals surface area contributed by atoms with Crippen LogP contribution in [-0.2, 0) is 19.4 Å². The van der Waals surface area contributed by atoms with Crippen molar-refractivity contribution in [3.05, 3.63) is 64.7 Å². The Morgan fingerprint density at radius 1 is 0.972 bits per heavy atom. The number of benzene rings is 2. The Kier molecular flexibility index (Phi) is 8.94. The van der Waals surface area contributed by atoms with Gasteiger partial charge in [-0.05, 0) is 42.5 Å². The largest absolute Gasteiger partial charge is 0.449 e. The quantitative estimate of drug-likeness (QED) is 0.506. The van der Waals surface area contributed by atoms with E-state index in [2.05, 4.69) is 0 Å². The lowest BCUT2D eigenvalue weighted by Crippen LogP contribution is -2.51. The van der Waals surface area contributed by atoms with E-state index in [0.717, 1.165) is 18.2 Å². The molecule has 7 nitrogen and oxygen atoms in total. The SMILES string of the molecule is CC(C)C(=O)N1CCN(C(=O)OC[C@@H](C)[C@@H](c2cc(F)ccc2F)S(=O)(=O)c2ccc(Cl)cc2)CC1. The number of halogens is 3. The predicted octanol–water partition coefficient (Wildman–Crippen LogP) is 4.71. The van der Waals surface area contributed by atoms with Gasteiger partial charge in [-0.25, -0.2) is 22.0 Å². The van der Waals surface area contributed by atoms with Crippen molar-refractivity contribution in [1.82, 2.24) is 9.80 Å². The van der Waals surface area contributed by atoms with Gasteiger partial charge >= 0.3 is 6.09 Å². The molecule has 0 aliphatic carbocycles. The summed E-state index contributed by atoms with van der Waals surface area (Å²) in [7, 11) is -4.22. The van der Waals surface area contributed by atoms with E-state index in [9.17, 15) is 26.8 Å². The third kappa shape index (κ3) is 6.34. The van der Waals surface area contributed by atoms with Gasteiger partial charge in [0.25, 0.3) is 0 Å². The number of nitrogens with zero attached hydrogens (tertiary/aromatic N) is 2. The predicted molar refractivity (Wildman–Crippen MR) is 131 cm³/mol. The summed E-state index contributed by atoms with van der Waals surface area (Å²) < 4.78 is 61.2. The fraction of sp³-hybridized carbons (Fsp3) is 0.440. The molecule has 1 aliphatic rings. The number of carbonyl (C=O) groups excluding carboxylic acids is 2. The molecule has 0 saturated carbocycles. The van der Waals surface area contributed by atoms with E-state index in [1.165, 1.54) is 36.1 Å². The van der Waals surface area contributed by atoms with Crippen LogP contribution in [0.25, 0.3) is 0 Å². The summed E-state index contributed by atoms with van der Waals surface area (Å²) in [4.78, 5) is 27.8. The summed E-state index contributed by atoms with van der Waals surface area (Å²) in [6, 6.07) is 7.97. The van der Waals surface area contributed by atoms with Crippen LogP contribution in [0, 0.1) is 23.5 Å². The fourth-order valence-corrected chi connectivity index (χ4v) is 6.28. The topological polar surface area (TPSA) is 84.0 Å². The van der Waals surface area contributed by atoms with Crippen molar-refractivity contribution in [2.24, 2.45) is 11.8 Å². The van der Waals surface area contributed by atoms with Gasteiger partial charge in [-0.2, -0.15) is 0 Å². The van der Waals surface area contributed by atoms with Crippen molar-refractivity contribution in [2.75, 3.05) is 32.8 Å². The van der Waals surface area contributed by atoms with E-state index < -0.39 is 38.7 Å². The number of hydrogen-bond acceptors (Lipinski definition) is 5. The van der Waals surface area contributed by atoms with Crippen LogP contribution in [0.1, 0.15) is 31.6 Å². The van der Waals surface area contributed by atoms with E-state index in [-0.39, 0.29) is 42.0 Å². The Balaban J connectivity index is 1.77. The number of sulfone groups is 1. The second kappa shape index (κ2) is 11.6. The summed E-state index contributed by atoms with van der Waals surface area (Å²) >= 11 is 5.88. The molecule has 0 bridgehead atoms. The maximum atomic E-state index is 14.7. The summed E-state index contributed by atoms with van der Waals surface area (Å²) in [6.07, 6.45) is -0.666. The second-order valence-electron chi connectivity index (χ2n) is 9.11. The molecule has 1 saturated heterocycles. The number of rotatable bonds is 7. The first-order valence-electron chi connectivity index (χ1n) is 11.6. The standard InChI is InChI=1S/C25H29ClF2N2O5S/c1-16(2)24(31)29-10-12-30(13-11-29)25(32)35-15-17(3)23(21-14-19(27)6-9-22(21)28)36(33,34)20-7-4-18(26)5-8-20/h4-9,14,16-17,23H,10-13,15H2,1-3H3/t17-,23+/m1/s1. The monoisotopic (exact) mass is 542 g/mol. The van der Waals surface area contributed by atoms with Crippen molar-refractivity contribution in [3.8, 4) is 0 Å². The lowest BCUT2D eigenvalue weighted by Gasteiger charge is -2.35. The van der Waals surface area contributed by atoms with Crippen LogP contribution in [0.2, 0.25) is 5.02 Å². The first-order valence-corrected chi connectivity index (χ1v) is 13.5. The number of ether oxygens (including phenoxy) is 1. The third-order valence-corrected chi connectivity index (χ3v) is 8.64. The van der Waals surface area contributed by atoms with Crippen molar-refractivity contribution < 1.29 is 31.5 Å². The number of carbonyl (C=O) groups is 2. The Morgan fingerprint density at radius 3 is 2.14 bits per heavy atom. The Bertz CT molecular complexity index is 1200. The molecule has 1 aliphatic heterocycles. The highest BCUT2D eigenvalue weighted by molar-refractivity contribution is 7.91. The van der Waals surface area contributed by atoms with E-state index >= 15 is 0 Å². The van der Waals surface area contributed by atoms with Gasteiger partial charge in [0.05, 0.1) is 16.8 Å². The fourth-order valence-electron chi connectivity index (χ4n) is 4.14. The van der Waals surface area contributed by atoms with Crippen LogP contribution in [0.15, 0.2) is 47.4 Å². The van der Waals surface area contributed by atoms with Crippen LogP contribution < -0.4 is 0 Å². The molecule has 2 atom stereocenters. The molecule has 1 fully saturated rings. The number of piperazine rings is 1. The zero-order valence-electron chi connectivity index (χ0n) is 20.3.